The monoisotopic (exact) mass is 662 g/mol. The number of nitrogens with one attached hydrogen (secondary N) is 4. The number of amides is 2. The van der Waals surface area contributed by atoms with Crippen LogP contribution in [0.2, 0.25) is 0 Å². The molecule has 0 aliphatic rings. The Morgan fingerprint density at radius 2 is 0.804 bits per heavy atom. The summed E-state index contributed by atoms with van der Waals surface area (Å²) in [5, 5.41) is 5.84. The first-order valence-corrected chi connectivity index (χ1v) is 17.6. The average molecular weight is 663 g/mol. The van der Waals surface area contributed by atoms with E-state index >= 15 is 0 Å². The van der Waals surface area contributed by atoms with Gasteiger partial charge in [0.05, 0.1) is 34.0 Å². The molecule has 0 aliphatic carbocycles. The van der Waals surface area contributed by atoms with Crippen LogP contribution < -0.4 is 20.1 Å². The third-order valence-electron chi connectivity index (χ3n) is 7.36. The number of sulfonamides is 2. The molecule has 0 saturated carbocycles. The van der Waals surface area contributed by atoms with Gasteiger partial charge in [0.1, 0.15) is 0 Å². The first kappa shape index (κ1) is 34.5. The second-order valence-corrected chi connectivity index (χ2v) is 14.5. The van der Waals surface area contributed by atoms with Crippen molar-refractivity contribution < 1.29 is 26.4 Å². The molecular formula is C34H38N4O6S2. The fourth-order valence-corrected chi connectivity index (χ4v) is 7.14. The molecule has 242 valence electrons. The van der Waals surface area contributed by atoms with Gasteiger partial charge in [-0.2, -0.15) is 9.44 Å². The summed E-state index contributed by atoms with van der Waals surface area (Å²) in [6.07, 6.45) is 0. The number of hydrogen-bond acceptors (Lipinski definition) is 6. The number of carbonyl (C=O) groups excluding carboxylic acids is 2. The maximum atomic E-state index is 13.6. The Labute approximate surface area is 270 Å². The lowest BCUT2D eigenvalue weighted by Crippen LogP contribution is -2.51. The Morgan fingerprint density at radius 1 is 0.500 bits per heavy atom. The molecule has 46 heavy (non-hydrogen) atoms. The van der Waals surface area contributed by atoms with Crippen LogP contribution in [0.25, 0.3) is 0 Å². The van der Waals surface area contributed by atoms with Crippen LogP contribution in [0.5, 0.6) is 0 Å². The van der Waals surface area contributed by atoms with Crippen molar-refractivity contribution in [1.82, 2.24) is 20.1 Å². The lowest BCUT2D eigenvalue weighted by Gasteiger charge is -2.31. The van der Waals surface area contributed by atoms with Crippen molar-refractivity contribution in [2.75, 3.05) is 0 Å². The number of carbonyl (C=O) groups is 2. The number of rotatable bonds is 13. The molecular weight excluding hydrogens is 625 g/mol. The summed E-state index contributed by atoms with van der Waals surface area (Å²) in [4.78, 5) is 27.2. The third kappa shape index (κ3) is 8.88. The summed E-state index contributed by atoms with van der Waals surface area (Å²) in [6, 6.07) is 26.2. The molecule has 0 aliphatic heterocycles. The van der Waals surface area contributed by atoms with Crippen LogP contribution in [0, 0.1) is 13.8 Å². The van der Waals surface area contributed by atoms with E-state index in [9.17, 15) is 26.4 Å². The average Bonchev–Trinajstić information content (AvgIpc) is 3.03. The molecule has 0 unspecified atom stereocenters. The van der Waals surface area contributed by atoms with Crippen LogP contribution >= 0.6 is 0 Å². The molecule has 0 bridgehead atoms. The van der Waals surface area contributed by atoms with Crippen molar-refractivity contribution in [2.45, 2.75) is 61.7 Å². The van der Waals surface area contributed by atoms with Gasteiger partial charge in [-0.05, 0) is 63.1 Å². The zero-order valence-corrected chi connectivity index (χ0v) is 27.6. The molecule has 4 N–H and O–H groups in total. The Kier molecular flexibility index (Phi) is 11.1. The topological polar surface area (TPSA) is 151 Å². The molecule has 4 aromatic carbocycles. The van der Waals surface area contributed by atoms with Crippen molar-refractivity contribution in [1.29, 1.82) is 0 Å². The fourth-order valence-electron chi connectivity index (χ4n) is 4.74. The molecule has 4 rings (SSSR count). The van der Waals surface area contributed by atoms with E-state index in [2.05, 4.69) is 20.1 Å². The fraction of sp³-hybridized carbons (Fsp3) is 0.235. The molecule has 0 heterocycles. The van der Waals surface area contributed by atoms with Crippen molar-refractivity contribution >= 4 is 31.9 Å². The van der Waals surface area contributed by atoms with E-state index in [1.165, 1.54) is 38.1 Å². The Morgan fingerprint density at radius 3 is 1.11 bits per heavy atom. The van der Waals surface area contributed by atoms with Crippen LogP contribution in [-0.4, -0.2) is 40.7 Å². The molecule has 0 radical (unpaired) electrons. The smallest absolute Gasteiger partial charge is 0.241 e. The van der Waals surface area contributed by atoms with Gasteiger partial charge in [-0.3, -0.25) is 9.59 Å². The second kappa shape index (κ2) is 14.8. The van der Waals surface area contributed by atoms with Crippen molar-refractivity contribution in [2.24, 2.45) is 0 Å². The molecule has 4 aromatic rings. The number of aryl methyl sites for hydroxylation is 2. The van der Waals surface area contributed by atoms with Gasteiger partial charge in [0.2, 0.25) is 31.9 Å². The molecule has 12 heteroatoms. The van der Waals surface area contributed by atoms with Crippen LogP contribution in [0.4, 0.5) is 0 Å². The Bertz CT molecular complexity index is 1710. The molecule has 0 fully saturated rings. The molecule has 0 saturated heterocycles. The van der Waals surface area contributed by atoms with Crippen molar-refractivity contribution in [3.63, 3.8) is 0 Å². The predicted octanol–water partition coefficient (Wildman–Crippen LogP) is 4.05. The van der Waals surface area contributed by atoms with Crippen molar-refractivity contribution in [3.8, 4) is 0 Å². The maximum absolute atomic E-state index is 13.6. The summed E-state index contributed by atoms with van der Waals surface area (Å²) in [5.41, 5.74) is 3.04. The van der Waals surface area contributed by atoms with Gasteiger partial charge in [-0.1, -0.05) is 96.1 Å². The summed E-state index contributed by atoms with van der Waals surface area (Å²) in [6.45, 7) is 6.54. The quantitative estimate of drug-likeness (QED) is 0.170. The van der Waals surface area contributed by atoms with E-state index in [1.54, 1.807) is 84.9 Å². The van der Waals surface area contributed by atoms with Gasteiger partial charge in [0.15, 0.2) is 0 Å². The lowest BCUT2D eigenvalue weighted by molar-refractivity contribution is -0.126. The van der Waals surface area contributed by atoms with E-state index in [0.717, 1.165) is 11.1 Å². The summed E-state index contributed by atoms with van der Waals surface area (Å²) in [7, 11) is -8.03. The van der Waals surface area contributed by atoms with Crippen LogP contribution in [-0.2, 0) is 29.6 Å². The van der Waals surface area contributed by atoms with E-state index in [4.69, 9.17) is 0 Å². The van der Waals surface area contributed by atoms with Crippen LogP contribution in [0.3, 0.4) is 0 Å². The highest BCUT2D eigenvalue weighted by atomic mass is 32.2. The summed E-state index contributed by atoms with van der Waals surface area (Å²) in [5.74, 6) is -1.26. The molecule has 4 atom stereocenters. The van der Waals surface area contributed by atoms with Crippen LogP contribution in [0.15, 0.2) is 119 Å². The summed E-state index contributed by atoms with van der Waals surface area (Å²) < 4.78 is 56.9. The highest BCUT2D eigenvalue weighted by Gasteiger charge is 2.32. The number of hydrogen-bond donors (Lipinski definition) is 4. The highest BCUT2D eigenvalue weighted by molar-refractivity contribution is 7.89. The highest BCUT2D eigenvalue weighted by Crippen LogP contribution is 2.29. The zero-order valence-electron chi connectivity index (χ0n) is 26.0. The van der Waals surface area contributed by atoms with Gasteiger partial charge in [-0.25, -0.2) is 16.8 Å². The molecule has 2 amide bonds. The number of benzene rings is 4. The van der Waals surface area contributed by atoms with E-state index in [0.29, 0.717) is 11.1 Å². The predicted molar refractivity (Wildman–Crippen MR) is 177 cm³/mol. The first-order valence-electron chi connectivity index (χ1n) is 14.7. The van der Waals surface area contributed by atoms with Gasteiger partial charge in [-0.15, -0.1) is 0 Å². The summed E-state index contributed by atoms with van der Waals surface area (Å²) >= 11 is 0. The van der Waals surface area contributed by atoms with Gasteiger partial charge in [0.25, 0.3) is 0 Å². The minimum absolute atomic E-state index is 0.0221. The van der Waals surface area contributed by atoms with Gasteiger partial charge >= 0.3 is 0 Å². The van der Waals surface area contributed by atoms with E-state index in [1.807, 2.05) is 13.8 Å². The van der Waals surface area contributed by atoms with Gasteiger partial charge in [0, 0.05) is 0 Å². The molecule has 10 nitrogen and oxygen atoms in total. The first-order chi connectivity index (χ1) is 21.8. The third-order valence-corrected chi connectivity index (χ3v) is 10.5. The van der Waals surface area contributed by atoms with Crippen LogP contribution in [0.1, 0.15) is 48.2 Å². The second-order valence-electron chi connectivity index (χ2n) is 11.1. The molecule has 0 aromatic heterocycles. The SMILES string of the molecule is Cc1ccc(S(=O)(=O)N[C@@H](C)C(=O)N[C@@H](c2ccccc2)[C@@H](NC(=O)[C@H](C)NS(=O)(=O)c2ccc(C)cc2)c2ccccc2)cc1. The minimum atomic E-state index is -4.01. The zero-order chi connectivity index (χ0) is 33.5. The van der Waals surface area contributed by atoms with E-state index in [-0.39, 0.29) is 9.79 Å². The Balaban J connectivity index is 1.60. The van der Waals surface area contributed by atoms with Gasteiger partial charge < -0.3 is 10.6 Å². The Hall–Kier alpha value is -4.36. The maximum Gasteiger partial charge on any atom is 0.241 e. The standard InChI is InChI=1S/C34H38N4O6S2/c1-23-15-19-29(20-16-23)45(41,42)37-25(3)33(39)35-31(27-11-7-5-8-12-27)32(28-13-9-6-10-14-28)36-34(40)26(4)38-46(43,44)30-21-17-24(2)18-22-30/h5-22,25-26,31-32,37-38H,1-4H3,(H,35,39)(H,36,40)/t25-,26-,31-,32-/m0/s1. The normalized spacial score (nSPS) is 14.4. The molecule has 0 spiro atoms. The lowest BCUT2D eigenvalue weighted by atomic mass is 9.92. The van der Waals surface area contributed by atoms with E-state index < -0.39 is 56.0 Å². The minimum Gasteiger partial charge on any atom is -0.345 e. The largest absolute Gasteiger partial charge is 0.345 e. The van der Waals surface area contributed by atoms with Crippen molar-refractivity contribution in [3.05, 3.63) is 131 Å².